The Labute approximate surface area is 264 Å². The molecule has 0 aliphatic carbocycles. The Kier molecular flexibility index (Phi) is 11.1. The first kappa shape index (κ1) is 32.0. The minimum Gasteiger partial charge on any atom is -0.418 e. The molecule has 0 saturated heterocycles. The normalized spacial score (nSPS) is 11.0. The van der Waals surface area contributed by atoms with Crippen LogP contribution in [0.5, 0.6) is 0 Å². The zero-order valence-corrected chi connectivity index (χ0v) is 25.4. The molecule has 214 valence electrons. The average molecular weight is 666 g/mol. The Balaban J connectivity index is 0.000000748. The second-order valence-corrected chi connectivity index (χ2v) is 12.2. The van der Waals surface area contributed by atoms with Crippen LogP contribution >= 0.6 is 58.3 Å². The maximum atomic E-state index is 10.6. The highest BCUT2D eigenvalue weighted by molar-refractivity contribution is 7.99. The van der Waals surface area contributed by atoms with Crippen molar-refractivity contribution in [3.05, 3.63) is 141 Å². The molecule has 0 fully saturated rings. The molecule has 0 aliphatic heterocycles. The van der Waals surface area contributed by atoms with Crippen LogP contribution in [0.15, 0.2) is 135 Å². The van der Waals surface area contributed by atoms with Gasteiger partial charge in [0.15, 0.2) is 0 Å². The van der Waals surface area contributed by atoms with Crippen LogP contribution in [0.1, 0.15) is 11.1 Å². The molecule has 0 aliphatic rings. The lowest BCUT2D eigenvalue weighted by atomic mass is 10.0. The second-order valence-electron chi connectivity index (χ2n) is 8.68. The number of hydrogen-bond acceptors (Lipinski definition) is 2. The van der Waals surface area contributed by atoms with Crippen LogP contribution in [0, 0.1) is 0 Å². The van der Waals surface area contributed by atoms with Crippen molar-refractivity contribution in [2.45, 2.75) is 19.6 Å². The summed E-state index contributed by atoms with van der Waals surface area (Å²) in [5.41, 5.74) is 3.58. The largest absolute Gasteiger partial charge is 0.673 e. The zero-order chi connectivity index (χ0) is 30.3. The number of rotatable bonds is 7. The maximum absolute atomic E-state index is 10.6. The van der Waals surface area contributed by atoms with E-state index in [-0.39, 0.29) is 5.78 Å². The molecule has 0 unspecified atom stereocenters. The van der Waals surface area contributed by atoms with Gasteiger partial charge in [0.2, 0.25) is 0 Å². The fourth-order valence-electron chi connectivity index (χ4n) is 3.77. The second kappa shape index (κ2) is 14.5. The van der Waals surface area contributed by atoms with Crippen LogP contribution in [-0.4, -0.2) is 17.8 Å². The van der Waals surface area contributed by atoms with E-state index < -0.39 is 7.25 Å². The van der Waals surface area contributed by atoms with Gasteiger partial charge in [-0.1, -0.05) is 88.7 Å². The lowest BCUT2D eigenvalue weighted by Crippen LogP contribution is -2.02. The average Bonchev–Trinajstić information content (AvgIpc) is 2.96. The van der Waals surface area contributed by atoms with Crippen LogP contribution in [-0.2, 0) is 0 Å². The van der Waals surface area contributed by atoms with Crippen molar-refractivity contribution >= 4 is 71.4 Å². The van der Waals surface area contributed by atoms with Crippen molar-refractivity contribution in [1.29, 1.82) is 0 Å². The van der Waals surface area contributed by atoms with Crippen molar-refractivity contribution in [3.63, 3.8) is 0 Å². The summed E-state index contributed by atoms with van der Waals surface area (Å²) in [6.07, 6.45) is 0. The highest BCUT2D eigenvalue weighted by Gasteiger charge is 2.20. The van der Waals surface area contributed by atoms with E-state index in [1.165, 1.54) is 0 Å². The Morgan fingerprint density at radius 2 is 1.10 bits per heavy atom. The van der Waals surface area contributed by atoms with Crippen LogP contribution in [0.4, 0.5) is 17.3 Å². The zero-order valence-electron chi connectivity index (χ0n) is 21.5. The van der Waals surface area contributed by atoms with Gasteiger partial charge >= 0.3 is 13.0 Å². The fourth-order valence-corrected chi connectivity index (χ4v) is 6.13. The Morgan fingerprint density at radius 3 is 1.69 bits per heavy atom. The number of hydrogen-bond donors (Lipinski definition) is 0. The highest BCUT2D eigenvalue weighted by atomic mass is 35.5. The first-order valence-electron chi connectivity index (χ1n) is 12.3. The number of halogens is 7. The molecule has 0 radical (unpaired) electrons. The van der Waals surface area contributed by atoms with E-state index in [1.807, 2.05) is 84.9 Å². The monoisotopic (exact) mass is 664 g/mol. The Bertz CT molecular complexity index is 1660. The first-order valence-corrected chi connectivity index (χ1v) is 15.0. The fraction of sp³-hybridized carbons (Fsp3) is 0. The van der Waals surface area contributed by atoms with Gasteiger partial charge in [-0.2, -0.15) is 0 Å². The molecular weight excluding hydrogens is 646 g/mol. The Hall–Kier alpha value is -2.88. The summed E-state index contributed by atoms with van der Waals surface area (Å²) in [5.74, 6) is 0.206. The van der Waals surface area contributed by atoms with Crippen LogP contribution in [0.2, 0.25) is 15.1 Å². The molecule has 0 atom stereocenters. The third-order valence-corrected chi connectivity index (χ3v) is 8.71. The van der Waals surface area contributed by atoms with Crippen LogP contribution < -0.4 is 0 Å². The standard InChI is InChI=1S/C31H19Cl3OS2.BF4/c32-23-9-14-26(15-10-23)36-29-17-11-24(33)19-27(29)20-6-12-25(13-7-20)37-30-16-8-22(18-28(30)34)31(35)21-4-2-1-3-5-21;2-1(3,4)5/h1-19H;/q;-1/p+1. The molecular formula is C31H20BCl3F4OS2. The molecule has 1 N–H and O–H groups in total. The smallest absolute Gasteiger partial charge is 0.418 e. The number of carbonyl (C=O) groups excluding carboxylic acids is 1. The van der Waals surface area contributed by atoms with Crippen LogP contribution in [0.25, 0.3) is 11.1 Å². The molecule has 11 heteroatoms. The van der Waals surface area contributed by atoms with Gasteiger partial charge in [0, 0.05) is 29.6 Å². The van der Waals surface area contributed by atoms with E-state index in [0.29, 0.717) is 15.6 Å². The molecule has 0 spiro atoms. The molecule has 0 amide bonds. The molecule has 5 rings (SSSR count). The summed E-state index contributed by atoms with van der Waals surface area (Å²) in [7, 11) is -6.00. The molecule has 0 heterocycles. The molecule has 1 nitrogen and oxygen atoms in total. The van der Waals surface area contributed by atoms with Gasteiger partial charge in [0.05, 0.1) is 16.1 Å². The third kappa shape index (κ3) is 9.58. The first-order chi connectivity index (χ1) is 20.0. The van der Waals surface area contributed by atoms with Crippen LogP contribution in [0.3, 0.4) is 0 Å². The van der Waals surface area contributed by atoms with Gasteiger partial charge < -0.3 is 17.3 Å². The summed E-state index contributed by atoms with van der Waals surface area (Å²) in [6.45, 7) is 0. The summed E-state index contributed by atoms with van der Waals surface area (Å²) in [6, 6.07) is 37.2. The van der Waals surface area contributed by atoms with Crippen molar-refractivity contribution in [3.8, 4) is 11.1 Å². The van der Waals surface area contributed by atoms with E-state index in [4.69, 9.17) is 34.8 Å². The molecule has 5 aromatic carbocycles. The molecule has 42 heavy (non-hydrogen) atoms. The molecule has 0 bridgehead atoms. The summed E-state index contributed by atoms with van der Waals surface area (Å²) < 4.78 is 39.0. The van der Waals surface area contributed by atoms with Crippen molar-refractivity contribution in [1.82, 2.24) is 0 Å². The van der Waals surface area contributed by atoms with E-state index in [9.17, 15) is 22.1 Å². The number of ketones is 1. The summed E-state index contributed by atoms with van der Waals surface area (Å²) in [5, 5.41) is 2.00. The maximum Gasteiger partial charge on any atom is 0.673 e. The van der Waals surface area contributed by atoms with Gasteiger partial charge in [-0.3, -0.25) is 4.79 Å². The van der Waals surface area contributed by atoms with E-state index in [0.717, 1.165) is 41.3 Å². The third-order valence-electron chi connectivity index (χ3n) is 5.63. The minimum atomic E-state index is -6.00. The van der Waals surface area contributed by atoms with Gasteiger partial charge in [0.1, 0.15) is 0 Å². The molecule has 5 aromatic rings. The van der Waals surface area contributed by atoms with E-state index in [2.05, 4.69) is 24.3 Å². The molecule has 0 saturated carbocycles. The quantitative estimate of drug-likeness (QED) is 0.0747. The van der Waals surface area contributed by atoms with Gasteiger partial charge in [0.25, 0.3) is 0 Å². The SMILES string of the molecule is F[B-](F)(F)F.[OH+]=C(c1ccccc1)c1ccc(Sc2ccc(-c3cc(Cl)ccc3Sc3ccc(Cl)cc3)cc2)c(Cl)c1. The number of benzene rings is 5. The topological polar surface area (TPSA) is 21.4 Å². The minimum absolute atomic E-state index is 0.206. The van der Waals surface area contributed by atoms with Gasteiger partial charge in [-0.15, -0.1) is 0 Å². The summed E-state index contributed by atoms with van der Waals surface area (Å²) in [4.78, 5) is 14.8. The van der Waals surface area contributed by atoms with Crippen molar-refractivity contribution in [2.75, 3.05) is 0 Å². The van der Waals surface area contributed by atoms with Crippen molar-refractivity contribution in [2.24, 2.45) is 0 Å². The lowest BCUT2D eigenvalue weighted by molar-refractivity contribution is 0.368. The predicted octanol–water partition coefficient (Wildman–Crippen LogP) is 11.9. The lowest BCUT2D eigenvalue weighted by Gasteiger charge is -2.11. The van der Waals surface area contributed by atoms with E-state index in [1.54, 1.807) is 29.6 Å². The highest BCUT2D eigenvalue weighted by Crippen LogP contribution is 2.40. The molecule has 0 aromatic heterocycles. The Morgan fingerprint density at radius 1 is 0.571 bits per heavy atom. The van der Waals surface area contributed by atoms with Gasteiger partial charge in [-0.25, -0.2) is 0 Å². The summed E-state index contributed by atoms with van der Waals surface area (Å²) >= 11 is 22.2. The predicted molar refractivity (Wildman–Crippen MR) is 170 cm³/mol. The van der Waals surface area contributed by atoms with Gasteiger partial charge in [-0.05, 0) is 96.1 Å². The van der Waals surface area contributed by atoms with Crippen molar-refractivity contribution < 1.29 is 22.1 Å². The van der Waals surface area contributed by atoms with E-state index >= 15 is 0 Å².